The lowest BCUT2D eigenvalue weighted by atomic mass is 10.2. The van der Waals surface area contributed by atoms with E-state index in [1.165, 1.54) is 16.2 Å². The molecule has 21 heavy (non-hydrogen) atoms. The number of amides is 1. The zero-order valence-corrected chi connectivity index (χ0v) is 12.5. The van der Waals surface area contributed by atoms with Gasteiger partial charge in [0.05, 0.1) is 12.1 Å². The van der Waals surface area contributed by atoms with Crippen LogP contribution in [0.2, 0.25) is 0 Å². The van der Waals surface area contributed by atoms with E-state index < -0.39 is 5.97 Å². The molecule has 1 heterocycles. The molecule has 2 rings (SSSR count). The third-order valence-corrected chi connectivity index (χ3v) is 3.83. The summed E-state index contributed by atoms with van der Waals surface area (Å²) in [7, 11) is 0. The highest BCUT2D eigenvalue weighted by Gasteiger charge is 2.18. The molecule has 0 saturated carbocycles. The van der Waals surface area contributed by atoms with E-state index >= 15 is 0 Å². The van der Waals surface area contributed by atoms with Crippen molar-refractivity contribution in [3.63, 3.8) is 0 Å². The molecule has 1 N–H and O–H groups in total. The first-order valence-corrected chi connectivity index (χ1v) is 7.53. The van der Waals surface area contributed by atoms with Gasteiger partial charge in [0, 0.05) is 23.9 Å². The third-order valence-electron chi connectivity index (χ3n) is 2.96. The lowest BCUT2D eigenvalue weighted by Crippen LogP contribution is -2.30. The van der Waals surface area contributed by atoms with Gasteiger partial charge in [-0.25, -0.2) is 4.98 Å². The van der Waals surface area contributed by atoms with Crippen molar-refractivity contribution in [2.24, 2.45) is 0 Å². The second-order valence-electron chi connectivity index (χ2n) is 4.41. The summed E-state index contributed by atoms with van der Waals surface area (Å²) in [5.74, 6) is -1.18. The van der Waals surface area contributed by atoms with Crippen LogP contribution in [0.15, 0.2) is 35.7 Å². The Morgan fingerprint density at radius 1 is 1.24 bits per heavy atom. The van der Waals surface area contributed by atoms with Crippen molar-refractivity contribution in [1.29, 1.82) is 0 Å². The molecule has 0 saturated heterocycles. The van der Waals surface area contributed by atoms with Gasteiger partial charge >= 0.3 is 5.97 Å². The Hall–Kier alpha value is -2.21. The second-order valence-corrected chi connectivity index (χ2v) is 5.25. The molecule has 0 aliphatic rings. The maximum atomic E-state index is 12.1. The van der Waals surface area contributed by atoms with Crippen LogP contribution in [0, 0.1) is 0 Å². The maximum Gasteiger partial charge on any atom is 0.303 e. The van der Waals surface area contributed by atoms with Crippen LogP contribution in [0.25, 0.3) is 11.3 Å². The summed E-state index contributed by atoms with van der Waals surface area (Å²) in [5.41, 5.74) is 1.81. The standard InChI is InChI=1S/C15H16N2O3S/c1-2-17(13(18)8-9-14(19)20)15-16-12(10-21-15)11-6-4-3-5-7-11/h3-7,10H,2,8-9H2,1H3,(H,19,20). The van der Waals surface area contributed by atoms with Crippen molar-refractivity contribution in [3.05, 3.63) is 35.7 Å². The summed E-state index contributed by atoms with van der Waals surface area (Å²) in [5, 5.41) is 11.2. The highest BCUT2D eigenvalue weighted by molar-refractivity contribution is 7.14. The Bertz CT molecular complexity index is 625. The van der Waals surface area contributed by atoms with E-state index in [1.807, 2.05) is 42.6 Å². The summed E-state index contributed by atoms with van der Waals surface area (Å²) < 4.78 is 0. The quantitative estimate of drug-likeness (QED) is 0.890. The molecular formula is C15H16N2O3S. The number of thiazole rings is 1. The molecule has 1 amide bonds. The zero-order chi connectivity index (χ0) is 15.2. The highest BCUT2D eigenvalue weighted by Crippen LogP contribution is 2.27. The van der Waals surface area contributed by atoms with Gasteiger partial charge in [0.25, 0.3) is 0 Å². The van der Waals surface area contributed by atoms with Crippen molar-refractivity contribution in [2.45, 2.75) is 19.8 Å². The number of anilines is 1. The molecule has 0 bridgehead atoms. The molecule has 0 aliphatic heterocycles. The molecule has 2 aromatic rings. The van der Waals surface area contributed by atoms with E-state index in [0.29, 0.717) is 11.7 Å². The molecule has 6 heteroatoms. The molecule has 1 aromatic carbocycles. The zero-order valence-electron chi connectivity index (χ0n) is 11.7. The molecule has 0 radical (unpaired) electrons. The molecule has 0 atom stereocenters. The summed E-state index contributed by atoms with van der Waals surface area (Å²) in [6.45, 7) is 2.32. The number of nitrogens with zero attached hydrogens (tertiary/aromatic N) is 2. The number of aliphatic carboxylic acids is 1. The lowest BCUT2D eigenvalue weighted by molar-refractivity contribution is -0.138. The van der Waals surface area contributed by atoms with Gasteiger partial charge in [0.2, 0.25) is 5.91 Å². The average molecular weight is 304 g/mol. The summed E-state index contributed by atoms with van der Waals surface area (Å²) in [6.07, 6.45) is -0.171. The number of hydrogen-bond acceptors (Lipinski definition) is 4. The first-order chi connectivity index (χ1) is 10.1. The predicted molar refractivity (Wildman–Crippen MR) is 82.4 cm³/mol. The van der Waals surface area contributed by atoms with E-state index in [1.54, 1.807) is 0 Å². The monoisotopic (exact) mass is 304 g/mol. The molecule has 0 unspecified atom stereocenters. The van der Waals surface area contributed by atoms with Gasteiger partial charge in [-0.1, -0.05) is 30.3 Å². The van der Waals surface area contributed by atoms with Crippen LogP contribution < -0.4 is 4.90 Å². The maximum absolute atomic E-state index is 12.1. The summed E-state index contributed by atoms with van der Waals surface area (Å²) >= 11 is 1.39. The van der Waals surface area contributed by atoms with Crippen LogP contribution >= 0.6 is 11.3 Å². The molecule has 110 valence electrons. The number of carbonyl (C=O) groups is 2. The van der Waals surface area contributed by atoms with Gasteiger partial charge < -0.3 is 5.11 Å². The summed E-state index contributed by atoms with van der Waals surface area (Å²) in [6, 6.07) is 9.72. The Morgan fingerprint density at radius 2 is 1.95 bits per heavy atom. The van der Waals surface area contributed by atoms with Crippen molar-refractivity contribution < 1.29 is 14.7 Å². The molecule has 1 aromatic heterocycles. The SMILES string of the molecule is CCN(C(=O)CCC(=O)O)c1nc(-c2ccccc2)cs1. The van der Waals surface area contributed by atoms with Gasteiger partial charge in [0.15, 0.2) is 5.13 Å². The Kier molecular flexibility index (Phi) is 5.05. The number of carboxylic acid groups (broad SMARTS) is 1. The number of carboxylic acids is 1. The predicted octanol–water partition coefficient (Wildman–Crippen LogP) is 3.03. The number of aromatic nitrogens is 1. The van der Waals surface area contributed by atoms with Gasteiger partial charge in [-0.05, 0) is 6.92 Å². The first kappa shape index (κ1) is 15.2. The van der Waals surface area contributed by atoms with Gasteiger partial charge in [-0.3, -0.25) is 14.5 Å². The number of rotatable bonds is 6. The minimum absolute atomic E-state index is 0.0105. The van der Waals surface area contributed by atoms with Gasteiger partial charge in [-0.15, -0.1) is 11.3 Å². The number of benzene rings is 1. The van der Waals surface area contributed by atoms with Gasteiger partial charge in [-0.2, -0.15) is 0 Å². The van der Waals surface area contributed by atoms with Crippen LogP contribution in [-0.2, 0) is 9.59 Å². The molecular weight excluding hydrogens is 288 g/mol. The summed E-state index contributed by atoms with van der Waals surface area (Å²) in [4.78, 5) is 28.6. The van der Waals surface area contributed by atoms with E-state index in [0.717, 1.165) is 11.3 Å². The van der Waals surface area contributed by atoms with E-state index in [4.69, 9.17) is 5.11 Å². The van der Waals surface area contributed by atoms with Crippen molar-refractivity contribution in [1.82, 2.24) is 4.98 Å². The molecule has 0 fully saturated rings. The minimum atomic E-state index is -0.969. The smallest absolute Gasteiger partial charge is 0.303 e. The van der Waals surface area contributed by atoms with E-state index in [9.17, 15) is 9.59 Å². The fraction of sp³-hybridized carbons (Fsp3) is 0.267. The number of hydrogen-bond donors (Lipinski definition) is 1. The van der Waals surface area contributed by atoms with Gasteiger partial charge in [0.1, 0.15) is 0 Å². The normalized spacial score (nSPS) is 10.3. The lowest BCUT2D eigenvalue weighted by Gasteiger charge is -2.17. The first-order valence-electron chi connectivity index (χ1n) is 6.65. The van der Waals surface area contributed by atoms with Crippen LogP contribution in [-0.4, -0.2) is 28.5 Å². The average Bonchev–Trinajstić information content (AvgIpc) is 2.96. The van der Waals surface area contributed by atoms with Crippen LogP contribution in [0.4, 0.5) is 5.13 Å². The fourth-order valence-electron chi connectivity index (χ4n) is 1.90. The minimum Gasteiger partial charge on any atom is -0.481 e. The fourth-order valence-corrected chi connectivity index (χ4v) is 2.81. The van der Waals surface area contributed by atoms with E-state index in [2.05, 4.69) is 4.98 Å². The third kappa shape index (κ3) is 3.88. The second kappa shape index (κ2) is 6.99. The highest BCUT2D eigenvalue weighted by atomic mass is 32.1. The van der Waals surface area contributed by atoms with Crippen LogP contribution in [0.5, 0.6) is 0 Å². The Balaban J connectivity index is 2.14. The van der Waals surface area contributed by atoms with Crippen molar-refractivity contribution in [3.8, 4) is 11.3 Å². The van der Waals surface area contributed by atoms with Crippen LogP contribution in [0.3, 0.4) is 0 Å². The molecule has 0 spiro atoms. The molecule has 5 nitrogen and oxygen atoms in total. The van der Waals surface area contributed by atoms with Crippen molar-refractivity contribution in [2.75, 3.05) is 11.4 Å². The van der Waals surface area contributed by atoms with E-state index in [-0.39, 0.29) is 18.7 Å². The Labute approximate surface area is 126 Å². The number of carbonyl (C=O) groups excluding carboxylic acids is 1. The molecule has 0 aliphatic carbocycles. The van der Waals surface area contributed by atoms with Crippen molar-refractivity contribution >= 4 is 28.3 Å². The Morgan fingerprint density at radius 3 is 2.57 bits per heavy atom. The topological polar surface area (TPSA) is 70.5 Å². The largest absolute Gasteiger partial charge is 0.481 e. The van der Waals surface area contributed by atoms with Crippen LogP contribution in [0.1, 0.15) is 19.8 Å².